The lowest BCUT2D eigenvalue weighted by Crippen LogP contribution is -2.06. The number of hydrogen-bond acceptors (Lipinski definition) is 6. The van der Waals surface area contributed by atoms with Gasteiger partial charge in [-0.3, -0.25) is 0 Å². The number of oxazole rings is 1. The van der Waals surface area contributed by atoms with Crippen molar-refractivity contribution in [2.24, 2.45) is 0 Å². The van der Waals surface area contributed by atoms with Crippen molar-refractivity contribution in [3.63, 3.8) is 0 Å². The molecule has 2 aromatic rings. The molecule has 6 nitrogen and oxygen atoms in total. The molecule has 6 heteroatoms. The minimum absolute atomic E-state index is 0.127. The number of methoxy groups -OCH3 is 2. The highest BCUT2D eigenvalue weighted by Crippen LogP contribution is 2.31. The van der Waals surface area contributed by atoms with E-state index in [0.717, 1.165) is 0 Å². The van der Waals surface area contributed by atoms with E-state index in [2.05, 4.69) is 4.98 Å². The smallest absolute Gasteiger partial charge is 0.360 e. The van der Waals surface area contributed by atoms with Gasteiger partial charge >= 0.3 is 5.97 Å². The Labute approximate surface area is 116 Å². The van der Waals surface area contributed by atoms with Crippen LogP contribution in [0.4, 0.5) is 0 Å². The van der Waals surface area contributed by atoms with E-state index >= 15 is 0 Å². The van der Waals surface area contributed by atoms with Gasteiger partial charge in [0.2, 0.25) is 0 Å². The first-order chi connectivity index (χ1) is 9.69. The average molecular weight is 277 g/mol. The minimum Gasteiger partial charge on any atom is -0.497 e. The fraction of sp³-hybridized carbons (Fsp3) is 0.286. The lowest BCUT2D eigenvalue weighted by Gasteiger charge is -2.07. The van der Waals surface area contributed by atoms with Crippen LogP contribution in [0.1, 0.15) is 17.4 Å². The van der Waals surface area contributed by atoms with Crippen molar-refractivity contribution in [3.05, 3.63) is 30.3 Å². The lowest BCUT2D eigenvalue weighted by atomic mass is 10.1. The fourth-order valence-electron chi connectivity index (χ4n) is 1.73. The van der Waals surface area contributed by atoms with Gasteiger partial charge in [-0.1, -0.05) is 0 Å². The number of hydrogen-bond donors (Lipinski definition) is 0. The van der Waals surface area contributed by atoms with E-state index in [1.807, 2.05) is 0 Å². The first-order valence-electron chi connectivity index (χ1n) is 6.03. The van der Waals surface area contributed by atoms with Crippen LogP contribution >= 0.6 is 0 Å². The van der Waals surface area contributed by atoms with Gasteiger partial charge in [0.05, 0.1) is 20.8 Å². The third-order valence-corrected chi connectivity index (χ3v) is 2.65. The molecule has 0 atom stereocenters. The zero-order valence-corrected chi connectivity index (χ0v) is 11.5. The van der Waals surface area contributed by atoms with E-state index in [1.54, 1.807) is 39.3 Å². The molecule has 0 saturated carbocycles. The second kappa shape index (κ2) is 6.10. The number of carbonyl (C=O) groups excluding carboxylic acids is 1. The summed E-state index contributed by atoms with van der Waals surface area (Å²) in [6, 6.07) is 5.18. The van der Waals surface area contributed by atoms with Gasteiger partial charge in [-0.15, -0.1) is 0 Å². The van der Waals surface area contributed by atoms with Crippen molar-refractivity contribution < 1.29 is 23.4 Å². The van der Waals surface area contributed by atoms with Crippen LogP contribution in [-0.2, 0) is 4.74 Å². The fourth-order valence-corrected chi connectivity index (χ4v) is 1.73. The second-order valence-electron chi connectivity index (χ2n) is 3.85. The molecule has 0 fully saturated rings. The maximum Gasteiger partial charge on any atom is 0.360 e. The predicted octanol–water partition coefficient (Wildman–Crippen LogP) is 2.54. The number of rotatable bonds is 5. The second-order valence-corrected chi connectivity index (χ2v) is 3.85. The quantitative estimate of drug-likeness (QED) is 0.782. The molecule has 0 spiro atoms. The summed E-state index contributed by atoms with van der Waals surface area (Å²) in [6.07, 6.45) is 1.20. The molecule has 0 N–H and O–H groups in total. The van der Waals surface area contributed by atoms with E-state index in [0.29, 0.717) is 22.8 Å². The number of aromatic nitrogens is 1. The van der Waals surface area contributed by atoms with Gasteiger partial charge < -0.3 is 18.6 Å². The molecule has 20 heavy (non-hydrogen) atoms. The van der Waals surface area contributed by atoms with E-state index in [9.17, 15) is 4.79 Å². The van der Waals surface area contributed by atoms with Gasteiger partial charge in [0.1, 0.15) is 11.5 Å². The van der Waals surface area contributed by atoms with Gasteiger partial charge in [0.25, 0.3) is 0 Å². The molecule has 0 aliphatic carbocycles. The third-order valence-electron chi connectivity index (χ3n) is 2.65. The molecule has 0 amide bonds. The van der Waals surface area contributed by atoms with Gasteiger partial charge in [-0.25, -0.2) is 9.78 Å². The summed E-state index contributed by atoms with van der Waals surface area (Å²) in [6.45, 7) is 2.00. The number of esters is 1. The summed E-state index contributed by atoms with van der Waals surface area (Å²) in [5.41, 5.74) is 0.754. The Hall–Kier alpha value is -2.50. The summed E-state index contributed by atoms with van der Waals surface area (Å²) >= 11 is 0. The van der Waals surface area contributed by atoms with Crippen molar-refractivity contribution in [2.75, 3.05) is 20.8 Å². The minimum atomic E-state index is -0.530. The standard InChI is InChI=1S/C14H15NO5/c1-4-19-14(16)12-13(20-8-15-12)9-5-10(17-2)7-11(6-9)18-3/h5-8H,4H2,1-3H3. The van der Waals surface area contributed by atoms with Gasteiger partial charge in [-0.05, 0) is 19.1 Å². The van der Waals surface area contributed by atoms with Crippen LogP contribution in [0.3, 0.4) is 0 Å². The van der Waals surface area contributed by atoms with Crippen molar-refractivity contribution in [3.8, 4) is 22.8 Å². The van der Waals surface area contributed by atoms with Crippen LogP contribution in [0.25, 0.3) is 11.3 Å². The van der Waals surface area contributed by atoms with E-state index in [-0.39, 0.29) is 12.3 Å². The first-order valence-corrected chi connectivity index (χ1v) is 6.03. The molecule has 2 rings (SSSR count). The first kappa shape index (κ1) is 13.9. The highest BCUT2D eigenvalue weighted by Gasteiger charge is 2.20. The molecule has 106 valence electrons. The molecular weight excluding hydrogens is 262 g/mol. The average Bonchev–Trinajstić information content (AvgIpc) is 2.96. The highest BCUT2D eigenvalue weighted by atomic mass is 16.5. The molecule has 0 aliphatic rings. The number of ether oxygens (including phenoxy) is 3. The molecule has 1 aromatic heterocycles. The zero-order chi connectivity index (χ0) is 14.5. The van der Waals surface area contributed by atoms with Crippen molar-refractivity contribution in [2.45, 2.75) is 6.92 Å². The number of carbonyl (C=O) groups is 1. The monoisotopic (exact) mass is 277 g/mol. The summed E-state index contributed by atoms with van der Waals surface area (Å²) in [7, 11) is 3.09. The van der Waals surface area contributed by atoms with Crippen LogP contribution < -0.4 is 9.47 Å². The third kappa shape index (κ3) is 2.74. The Balaban J connectivity index is 2.46. The Kier molecular flexibility index (Phi) is 4.24. The van der Waals surface area contributed by atoms with E-state index < -0.39 is 5.97 Å². The topological polar surface area (TPSA) is 70.8 Å². The number of benzene rings is 1. The van der Waals surface area contributed by atoms with Crippen LogP contribution in [0.5, 0.6) is 11.5 Å². The molecular formula is C14H15NO5. The highest BCUT2D eigenvalue weighted by molar-refractivity contribution is 5.93. The Morgan fingerprint density at radius 3 is 2.40 bits per heavy atom. The molecule has 1 heterocycles. The van der Waals surface area contributed by atoms with Crippen LogP contribution in [-0.4, -0.2) is 31.8 Å². The molecule has 0 radical (unpaired) electrons. The Bertz CT molecular complexity index is 583. The summed E-state index contributed by atoms with van der Waals surface area (Å²) in [5, 5.41) is 0. The van der Waals surface area contributed by atoms with Crippen LogP contribution in [0.15, 0.2) is 29.0 Å². The molecule has 1 aromatic carbocycles. The maximum absolute atomic E-state index is 11.8. The molecule has 0 bridgehead atoms. The zero-order valence-electron chi connectivity index (χ0n) is 11.5. The summed E-state index contributed by atoms with van der Waals surface area (Å²) in [5.74, 6) is 0.967. The normalized spacial score (nSPS) is 10.2. The predicted molar refractivity (Wildman–Crippen MR) is 71.0 cm³/mol. The van der Waals surface area contributed by atoms with E-state index in [1.165, 1.54) is 6.39 Å². The van der Waals surface area contributed by atoms with Gasteiger partial charge in [-0.2, -0.15) is 0 Å². The molecule has 0 saturated heterocycles. The molecule has 0 unspecified atom stereocenters. The van der Waals surface area contributed by atoms with Crippen molar-refractivity contribution in [1.29, 1.82) is 0 Å². The maximum atomic E-state index is 11.8. The molecule has 0 aliphatic heterocycles. The van der Waals surface area contributed by atoms with Crippen LogP contribution in [0, 0.1) is 0 Å². The SMILES string of the molecule is CCOC(=O)c1ncoc1-c1cc(OC)cc(OC)c1. The number of nitrogens with zero attached hydrogens (tertiary/aromatic N) is 1. The van der Waals surface area contributed by atoms with Gasteiger partial charge in [0, 0.05) is 11.6 Å². The summed E-state index contributed by atoms with van der Waals surface area (Å²) < 4.78 is 20.6. The van der Waals surface area contributed by atoms with Crippen molar-refractivity contribution in [1.82, 2.24) is 4.98 Å². The largest absolute Gasteiger partial charge is 0.497 e. The van der Waals surface area contributed by atoms with Crippen molar-refractivity contribution >= 4 is 5.97 Å². The van der Waals surface area contributed by atoms with Crippen LogP contribution in [0.2, 0.25) is 0 Å². The van der Waals surface area contributed by atoms with E-state index in [4.69, 9.17) is 18.6 Å². The summed E-state index contributed by atoms with van der Waals surface area (Å²) in [4.78, 5) is 15.7. The lowest BCUT2D eigenvalue weighted by molar-refractivity contribution is 0.0520. The Morgan fingerprint density at radius 2 is 1.85 bits per heavy atom. The Morgan fingerprint density at radius 1 is 1.20 bits per heavy atom. The van der Waals surface area contributed by atoms with Gasteiger partial charge in [0.15, 0.2) is 17.8 Å².